The Balaban J connectivity index is 3.13. The monoisotopic (exact) mass is 275 g/mol. The van der Waals surface area contributed by atoms with Crippen molar-refractivity contribution in [2.75, 3.05) is 13.2 Å². The van der Waals surface area contributed by atoms with Gasteiger partial charge >= 0.3 is 7.60 Å². The highest BCUT2D eigenvalue weighted by molar-refractivity contribution is 7.54. The summed E-state index contributed by atoms with van der Waals surface area (Å²) in [6, 6.07) is 4.19. The molecular weight excluding hydrogens is 256 g/mol. The molecule has 0 aromatic heterocycles. The Bertz CT molecular complexity index is 443. The Labute approximate surface area is 107 Å². The van der Waals surface area contributed by atoms with Crippen LogP contribution >= 0.6 is 7.60 Å². The van der Waals surface area contributed by atoms with Crippen molar-refractivity contribution < 1.29 is 18.0 Å². The largest absolute Gasteiger partial charge is 0.351 e. The highest BCUT2D eigenvalue weighted by Gasteiger charge is 2.34. The normalized spacial score (nSPS) is 13.6. The molecule has 0 unspecified atom stereocenters. The van der Waals surface area contributed by atoms with Gasteiger partial charge in [0.1, 0.15) is 11.6 Å². The first-order chi connectivity index (χ1) is 8.44. The summed E-state index contributed by atoms with van der Waals surface area (Å²) < 4.78 is 36.1. The lowest BCUT2D eigenvalue weighted by atomic mass is 10.1. The fourth-order valence-corrected chi connectivity index (χ4v) is 3.39. The van der Waals surface area contributed by atoms with Crippen molar-refractivity contribution in [2.24, 2.45) is 5.73 Å². The van der Waals surface area contributed by atoms with Gasteiger partial charge in [-0.3, -0.25) is 4.57 Å². The lowest BCUT2D eigenvalue weighted by Gasteiger charge is -2.24. The average Bonchev–Trinajstić information content (AvgIpc) is 2.32. The number of benzene rings is 1. The third kappa shape index (κ3) is 3.39. The molecule has 0 heterocycles. The molecule has 0 amide bonds. The van der Waals surface area contributed by atoms with Crippen LogP contribution < -0.4 is 5.73 Å². The van der Waals surface area contributed by atoms with Crippen LogP contribution in [0.5, 0.6) is 0 Å². The van der Waals surface area contributed by atoms with Crippen molar-refractivity contribution in [3.05, 3.63) is 35.1 Å². The number of hydrogen-bond donors (Lipinski definition) is 1. The summed E-state index contributed by atoms with van der Waals surface area (Å²) in [4.78, 5) is 0. The van der Waals surface area contributed by atoms with Gasteiger partial charge in [0, 0.05) is 0 Å². The highest BCUT2D eigenvalue weighted by atomic mass is 31.2. The Morgan fingerprint density at radius 3 is 2.39 bits per heavy atom. The van der Waals surface area contributed by atoms with Crippen molar-refractivity contribution in [1.29, 1.82) is 0 Å². The smallest absolute Gasteiger partial charge is 0.314 e. The highest BCUT2D eigenvalue weighted by Crippen LogP contribution is 2.58. The van der Waals surface area contributed by atoms with E-state index >= 15 is 0 Å². The van der Waals surface area contributed by atoms with E-state index in [9.17, 15) is 8.96 Å². The standard InChI is InChI=1S/C12H19FNO3P/c1-4-16-18(15,17-5-2)12(14)11-8-10(13)7-6-9(11)3/h6-8,12H,4-5,14H2,1-3H3/t12-/m1/s1. The molecule has 0 radical (unpaired) electrons. The van der Waals surface area contributed by atoms with Crippen LogP contribution in [0.25, 0.3) is 0 Å². The van der Waals surface area contributed by atoms with Gasteiger partial charge < -0.3 is 14.8 Å². The molecule has 1 atom stereocenters. The van der Waals surface area contributed by atoms with E-state index in [2.05, 4.69) is 0 Å². The quantitative estimate of drug-likeness (QED) is 0.809. The topological polar surface area (TPSA) is 61.5 Å². The third-order valence-electron chi connectivity index (χ3n) is 2.52. The maximum Gasteiger partial charge on any atom is 0.351 e. The van der Waals surface area contributed by atoms with Gasteiger partial charge in [-0.05, 0) is 44.0 Å². The number of rotatable bonds is 6. The van der Waals surface area contributed by atoms with Crippen LogP contribution in [0.15, 0.2) is 18.2 Å². The van der Waals surface area contributed by atoms with Crippen LogP contribution in [0.2, 0.25) is 0 Å². The van der Waals surface area contributed by atoms with Crippen molar-refractivity contribution in [1.82, 2.24) is 0 Å². The Morgan fingerprint density at radius 1 is 1.33 bits per heavy atom. The molecule has 1 aromatic rings. The molecule has 0 spiro atoms. The van der Waals surface area contributed by atoms with Crippen molar-refractivity contribution in [3.8, 4) is 0 Å². The van der Waals surface area contributed by atoms with E-state index in [0.29, 0.717) is 5.56 Å². The molecule has 1 aromatic carbocycles. The third-order valence-corrected chi connectivity index (χ3v) is 4.71. The molecule has 18 heavy (non-hydrogen) atoms. The minimum Gasteiger partial charge on any atom is -0.314 e. The van der Waals surface area contributed by atoms with E-state index in [-0.39, 0.29) is 13.2 Å². The van der Waals surface area contributed by atoms with Gasteiger partial charge in [0.25, 0.3) is 0 Å². The number of hydrogen-bond acceptors (Lipinski definition) is 4. The van der Waals surface area contributed by atoms with E-state index in [0.717, 1.165) is 5.56 Å². The SMILES string of the molecule is CCOP(=O)(OCC)[C@@H](N)c1cc(F)ccc1C. The van der Waals surface area contributed by atoms with Crippen molar-refractivity contribution in [2.45, 2.75) is 26.6 Å². The van der Waals surface area contributed by atoms with Crippen molar-refractivity contribution in [3.63, 3.8) is 0 Å². The van der Waals surface area contributed by atoms with Gasteiger partial charge in [-0.25, -0.2) is 4.39 Å². The molecule has 0 bridgehead atoms. The van der Waals surface area contributed by atoms with Gasteiger partial charge in [-0.2, -0.15) is 0 Å². The molecule has 0 aliphatic heterocycles. The summed E-state index contributed by atoms with van der Waals surface area (Å²) in [5.41, 5.74) is 7.13. The van der Waals surface area contributed by atoms with Crippen LogP contribution in [-0.4, -0.2) is 13.2 Å². The summed E-state index contributed by atoms with van der Waals surface area (Å²) in [5, 5.41) is 0. The second-order valence-electron chi connectivity index (χ2n) is 3.82. The summed E-state index contributed by atoms with van der Waals surface area (Å²) in [6.07, 6.45) is 0. The fourth-order valence-electron chi connectivity index (χ4n) is 1.66. The molecule has 6 heteroatoms. The van der Waals surface area contributed by atoms with E-state index < -0.39 is 19.2 Å². The first-order valence-corrected chi connectivity index (χ1v) is 7.46. The minimum absolute atomic E-state index is 0.222. The van der Waals surface area contributed by atoms with Crippen molar-refractivity contribution >= 4 is 7.60 Å². The van der Waals surface area contributed by atoms with E-state index in [4.69, 9.17) is 14.8 Å². The molecule has 0 saturated heterocycles. The lowest BCUT2D eigenvalue weighted by Crippen LogP contribution is -2.16. The van der Waals surface area contributed by atoms with Crippen LogP contribution in [-0.2, 0) is 13.6 Å². The fraction of sp³-hybridized carbons (Fsp3) is 0.500. The predicted octanol–water partition coefficient (Wildman–Crippen LogP) is 3.36. The van der Waals surface area contributed by atoms with E-state index in [1.54, 1.807) is 26.8 Å². The number of aryl methyl sites for hydroxylation is 1. The van der Waals surface area contributed by atoms with Crippen LogP contribution in [0.4, 0.5) is 4.39 Å². The molecule has 0 saturated carbocycles. The van der Waals surface area contributed by atoms with Gasteiger partial charge in [-0.15, -0.1) is 0 Å². The molecule has 102 valence electrons. The Kier molecular flexibility index (Phi) is 5.47. The Morgan fingerprint density at radius 2 is 1.89 bits per heavy atom. The van der Waals surface area contributed by atoms with E-state index in [1.165, 1.54) is 12.1 Å². The molecule has 1 rings (SSSR count). The van der Waals surface area contributed by atoms with Gasteiger partial charge in [0.2, 0.25) is 0 Å². The molecule has 0 aliphatic rings. The van der Waals surface area contributed by atoms with Crippen LogP contribution in [0.1, 0.15) is 30.8 Å². The second kappa shape index (κ2) is 6.43. The minimum atomic E-state index is -3.47. The lowest BCUT2D eigenvalue weighted by molar-refractivity contribution is 0.212. The van der Waals surface area contributed by atoms with Crippen LogP contribution in [0, 0.1) is 12.7 Å². The predicted molar refractivity (Wildman–Crippen MR) is 68.9 cm³/mol. The first kappa shape index (κ1) is 15.3. The zero-order valence-corrected chi connectivity index (χ0v) is 11.7. The molecule has 4 nitrogen and oxygen atoms in total. The molecule has 2 N–H and O–H groups in total. The summed E-state index contributed by atoms with van der Waals surface area (Å²) in [7, 11) is -3.47. The maximum absolute atomic E-state index is 13.2. The van der Waals surface area contributed by atoms with Crippen LogP contribution in [0.3, 0.4) is 0 Å². The number of halogens is 1. The first-order valence-electron chi connectivity index (χ1n) is 5.85. The van der Waals surface area contributed by atoms with Gasteiger partial charge in [-0.1, -0.05) is 6.07 Å². The zero-order valence-electron chi connectivity index (χ0n) is 10.9. The maximum atomic E-state index is 13.2. The van der Waals surface area contributed by atoms with Gasteiger partial charge in [0.15, 0.2) is 0 Å². The average molecular weight is 275 g/mol. The van der Waals surface area contributed by atoms with E-state index in [1.807, 2.05) is 0 Å². The molecule has 0 aliphatic carbocycles. The number of nitrogens with two attached hydrogens (primary N) is 1. The molecule has 0 fully saturated rings. The Hall–Kier alpha value is -0.740. The summed E-state index contributed by atoms with van der Waals surface area (Å²) in [6.45, 7) is 5.63. The summed E-state index contributed by atoms with van der Waals surface area (Å²) in [5.74, 6) is -1.40. The van der Waals surface area contributed by atoms with Gasteiger partial charge in [0.05, 0.1) is 13.2 Å². The second-order valence-corrected chi connectivity index (χ2v) is 5.97. The summed E-state index contributed by atoms with van der Waals surface area (Å²) >= 11 is 0. The molecular formula is C12H19FNO3P. The zero-order chi connectivity index (χ0) is 13.8.